The molecule has 21 heavy (non-hydrogen) atoms. The standard InChI is InChI=1S/C18H19NO2/c1-21-14-8-6-13(7-9-14)10-11-19-17-12-18(20)16-5-3-2-4-15(16)17/h2-9,17,19H,10-12H2,1H3. The molecule has 1 aliphatic carbocycles. The molecule has 2 aromatic carbocycles. The second-order valence-electron chi connectivity index (χ2n) is 5.32. The van der Waals surface area contributed by atoms with Crippen molar-refractivity contribution in [1.82, 2.24) is 5.32 Å². The topological polar surface area (TPSA) is 38.3 Å². The van der Waals surface area contributed by atoms with Crippen molar-refractivity contribution in [2.75, 3.05) is 13.7 Å². The third-order valence-electron chi connectivity index (χ3n) is 3.99. The van der Waals surface area contributed by atoms with Crippen LogP contribution in [-0.4, -0.2) is 19.4 Å². The molecule has 0 saturated heterocycles. The minimum Gasteiger partial charge on any atom is -0.497 e. The molecule has 1 N–H and O–H groups in total. The highest BCUT2D eigenvalue weighted by atomic mass is 16.5. The van der Waals surface area contributed by atoms with Crippen molar-refractivity contribution < 1.29 is 9.53 Å². The Morgan fingerprint density at radius 1 is 1.14 bits per heavy atom. The summed E-state index contributed by atoms with van der Waals surface area (Å²) in [7, 11) is 1.67. The number of ether oxygens (including phenoxy) is 1. The summed E-state index contributed by atoms with van der Waals surface area (Å²) in [6, 6.07) is 16.2. The van der Waals surface area contributed by atoms with E-state index in [-0.39, 0.29) is 11.8 Å². The first-order valence-corrected chi connectivity index (χ1v) is 7.26. The molecule has 3 heteroatoms. The lowest BCUT2D eigenvalue weighted by Crippen LogP contribution is -2.22. The number of hydrogen-bond acceptors (Lipinski definition) is 3. The second-order valence-corrected chi connectivity index (χ2v) is 5.32. The number of carbonyl (C=O) groups is 1. The number of methoxy groups -OCH3 is 1. The van der Waals surface area contributed by atoms with E-state index in [0.29, 0.717) is 6.42 Å². The predicted octanol–water partition coefficient (Wildman–Crippen LogP) is 3.16. The largest absolute Gasteiger partial charge is 0.497 e. The van der Waals surface area contributed by atoms with Gasteiger partial charge in [0.15, 0.2) is 5.78 Å². The maximum Gasteiger partial charge on any atom is 0.165 e. The number of fused-ring (bicyclic) bond motifs is 1. The van der Waals surface area contributed by atoms with Crippen LogP contribution in [-0.2, 0) is 6.42 Å². The Kier molecular flexibility index (Phi) is 4.02. The third kappa shape index (κ3) is 2.98. The lowest BCUT2D eigenvalue weighted by atomic mass is 10.1. The average Bonchev–Trinajstić information content (AvgIpc) is 2.85. The van der Waals surface area contributed by atoms with Gasteiger partial charge in [-0.05, 0) is 36.2 Å². The quantitative estimate of drug-likeness (QED) is 0.915. The van der Waals surface area contributed by atoms with E-state index >= 15 is 0 Å². The summed E-state index contributed by atoms with van der Waals surface area (Å²) in [5.41, 5.74) is 3.28. The molecule has 1 unspecified atom stereocenters. The highest BCUT2D eigenvalue weighted by Gasteiger charge is 2.27. The summed E-state index contributed by atoms with van der Waals surface area (Å²) in [5, 5.41) is 3.49. The summed E-state index contributed by atoms with van der Waals surface area (Å²) in [5.74, 6) is 1.12. The Bertz CT molecular complexity index is 634. The Labute approximate surface area is 124 Å². The Hall–Kier alpha value is -2.13. The van der Waals surface area contributed by atoms with Gasteiger partial charge in [0, 0.05) is 18.0 Å². The maximum absolute atomic E-state index is 11.9. The number of Topliss-reactive ketones (excluding diaryl/α,β-unsaturated/α-hetero) is 1. The van der Waals surface area contributed by atoms with Crippen molar-refractivity contribution in [1.29, 1.82) is 0 Å². The number of hydrogen-bond donors (Lipinski definition) is 1. The molecule has 0 radical (unpaired) electrons. The number of benzene rings is 2. The lowest BCUT2D eigenvalue weighted by molar-refractivity contribution is 0.0986. The number of ketones is 1. The van der Waals surface area contributed by atoms with E-state index in [1.807, 2.05) is 36.4 Å². The zero-order chi connectivity index (χ0) is 14.7. The lowest BCUT2D eigenvalue weighted by Gasteiger charge is -2.13. The van der Waals surface area contributed by atoms with Crippen molar-refractivity contribution in [2.45, 2.75) is 18.9 Å². The fraction of sp³-hybridized carbons (Fsp3) is 0.278. The van der Waals surface area contributed by atoms with Crippen molar-refractivity contribution in [3.63, 3.8) is 0 Å². The first-order valence-electron chi connectivity index (χ1n) is 7.26. The van der Waals surface area contributed by atoms with Crippen LogP contribution in [0.25, 0.3) is 0 Å². The van der Waals surface area contributed by atoms with Crippen LogP contribution < -0.4 is 10.1 Å². The highest BCUT2D eigenvalue weighted by molar-refractivity contribution is 6.01. The molecule has 2 aromatic rings. The monoisotopic (exact) mass is 281 g/mol. The van der Waals surface area contributed by atoms with Crippen LogP contribution in [0.4, 0.5) is 0 Å². The van der Waals surface area contributed by atoms with Crippen LogP contribution in [0, 0.1) is 0 Å². The van der Waals surface area contributed by atoms with Gasteiger partial charge < -0.3 is 10.1 Å². The number of rotatable bonds is 5. The van der Waals surface area contributed by atoms with Crippen LogP contribution in [0.3, 0.4) is 0 Å². The molecule has 0 spiro atoms. The molecule has 3 rings (SSSR count). The summed E-state index contributed by atoms with van der Waals surface area (Å²) in [6.45, 7) is 0.860. The van der Waals surface area contributed by atoms with E-state index in [4.69, 9.17) is 4.74 Å². The maximum atomic E-state index is 11.9. The van der Waals surface area contributed by atoms with Crippen LogP contribution in [0.5, 0.6) is 5.75 Å². The SMILES string of the molecule is COc1ccc(CCNC2CC(=O)c3ccccc32)cc1. The molecular weight excluding hydrogens is 262 g/mol. The van der Waals surface area contributed by atoms with Crippen molar-refractivity contribution in [3.05, 3.63) is 65.2 Å². The smallest absolute Gasteiger partial charge is 0.165 e. The summed E-state index contributed by atoms with van der Waals surface area (Å²) >= 11 is 0. The third-order valence-corrected chi connectivity index (χ3v) is 3.99. The molecule has 1 atom stereocenters. The van der Waals surface area contributed by atoms with Crippen LogP contribution in [0.15, 0.2) is 48.5 Å². The zero-order valence-corrected chi connectivity index (χ0v) is 12.1. The molecule has 3 nitrogen and oxygen atoms in total. The first-order chi connectivity index (χ1) is 10.3. The van der Waals surface area contributed by atoms with Crippen LogP contribution in [0.2, 0.25) is 0 Å². The Balaban J connectivity index is 1.57. The highest BCUT2D eigenvalue weighted by Crippen LogP contribution is 2.30. The Morgan fingerprint density at radius 2 is 1.90 bits per heavy atom. The van der Waals surface area contributed by atoms with Crippen LogP contribution >= 0.6 is 0 Å². The van der Waals surface area contributed by atoms with Crippen molar-refractivity contribution in [2.24, 2.45) is 0 Å². The van der Waals surface area contributed by atoms with Gasteiger partial charge in [0.05, 0.1) is 7.11 Å². The molecule has 0 aromatic heterocycles. The van der Waals surface area contributed by atoms with Gasteiger partial charge in [0.1, 0.15) is 5.75 Å². The van der Waals surface area contributed by atoms with Gasteiger partial charge in [-0.2, -0.15) is 0 Å². The Morgan fingerprint density at radius 3 is 2.67 bits per heavy atom. The van der Waals surface area contributed by atoms with Gasteiger partial charge in [-0.3, -0.25) is 4.79 Å². The molecule has 0 fully saturated rings. The van der Waals surface area contributed by atoms with E-state index < -0.39 is 0 Å². The molecule has 1 aliphatic rings. The van der Waals surface area contributed by atoms with E-state index in [1.165, 1.54) is 5.56 Å². The fourth-order valence-electron chi connectivity index (χ4n) is 2.83. The normalized spacial score (nSPS) is 16.8. The summed E-state index contributed by atoms with van der Waals surface area (Å²) in [6.07, 6.45) is 1.51. The molecule has 108 valence electrons. The van der Waals surface area contributed by atoms with Crippen LogP contribution in [0.1, 0.15) is 33.9 Å². The second kappa shape index (κ2) is 6.10. The van der Waals surface area contributed by atoms with Gasteiger partial charge in [0.25, 0.3) is 0 Å². The van der Waals surface area contributed by atoms with E-state index in [1.54, 1.807) is 7.11 Å². The van der Waals surface area contributed by atoms with Crippen molar-refractivity contribution in [3.8, 4) is 5.75 Å². The predicted molar refractivity (Wildman–Crippen MR) is 82.8 cm³/mol. The van der Waals surface area contributed by atoms with Gasteiger partial charge in [-0.15, -0.1) is 0 Å². The summed E-state index contributed by atoms with van der Waals surface area (Å²) in [4.78, 5) is 11.9. The van der Waals surface area contributed by atoms with Crippen molar-refractivity contribution >= 4 is 5.78 Å². The van der Waals surface area contributed by atoms with E-state index in [2.05, 4.69) is 17.4 Å². The molecule has 0 saturated carbocycles. The average molecular weight is 281 g/mol. The fourth-order valence-corrected chi connectivity index (χ4v) is 2.83. The summed E-state index contributed by atoms with van der Waals surface area (Å²) < 4.78 is 5.15. The zero-order valence-electron chi connectivity index (χ0n) is 12.1. The molecular formula is C18H19NO2. The molecule has 0 heterocycles. The number of carbonyl (C=O) groups excluding carboxylic acids is 1. The minimum absolute atomic E-state index is 0.159. The molecule has 0 bridgehead atoms. The van der Waals surface area contributed by atoms with Gasteiger partial charge in [0.2, 0.25) is 0 Å². The van der Waals surface area contributed by atoms with E-state index in [0.717, 1.165) is 29.8 Å². The first kappa shape index (κ1) is 13.8. The molecule has 0 aliphatic heterocycles. The number of nitrogens with one attached hydrogen (secondary N) is 1. The van der Waals surface area contributed by atoms with Gasteiger partial charge in [-0.1, -0.05) is 36.4 Å². The van der Waals surface area contributed by atoms with Gasteiger partial charge in [-0.25, -0.2) is 0 Å². The van der Waals surface area contributed by atoms with E-state index in [9.17, 15) is 4.79 Å². The molecule has 0 amide bonds. The van der Waals surface area contributed by atoms with Gasteiger partial charge >= 0.3 is 0 Å². The minimum atomic E-state index is 0.159.